The van der Waals surface area contributed by atoms with Crippen molar-refractivity contribution < 1.29 is 14.4 Å². The Morgan fingerprint density at radius 1 is 1.14 bits per heavy atom. The quantitative estimate of drug-likeness (QED) is 0.832. The van der Waals surface area contributed by atoms with Gasteiger partial charge in [0, 0.05) is 18.2 Å². The van der Waals surface area contributed by atoms with Gasteiger partial charge in [0.25, 0.3) is 11.8 Å². The van der Waals surface area contributed by atoms with E-state index in [0.717, 1.165) is 0 Å². The fourth-order valence-corrected chi connectivity index (χ4v) is 1.69. The summed E-state index contributed by atoms with van der Waals surface area (Å²) < 4.78 is 0. The predicted molar refractivity (Wildman–Crippen MR) is 77.4 cm³/mol. The van der Waals surface area contributed by atoms with Gasteiger partial charge in [-0.25, -0.2) is 4.98 Å². The van der Waals surface area contributed by atoms with Gasteiger partial charge in [0.05, 0.1) is 11.9 Å². The van der Waals surface area contributed by atoms with E-state index in [1.807, 2.05) is 0 Å². The van der Waals surface area contributed by atoms with Gasteiger partial charge in [-0.2, -0.15) is 0 Å². The highest BCUT2D eigenvalue weighted by molar-refractivity contribution is 6.05. The maximum atomic E-state index is 12.0. The number of aldehydes is 1. The van der Waals surface area contributed by atoms with Gasteiger partial charge in [-0.15, -0.1) is 0 Å². The number of carbonyl (C=O) groups is 3. The molecule has 0 bridgehead atoms. The maximum Gasteiger partial charge on any atom is 0.269 e. The average molecular weight is 283 g/mol. The Morgan fingerprint density at radius 2 is 1.95 bits per heavy atom. The third-order valence-electron chi connectivity index (χ3n) is 2.77. The SMILES string of the molecule is CNC(=O)c1ccc(NC(=O)c2cccc(C=O)c2)cn1. The summed E-state index contributed by atoms with van der Waals surface area (Å²) in [5, 5.41) is 5.10. The molecule has 0 aliphatic heterocycles. The van der Waals surface area contributed by atoms with Gasteiger partial charge in [0.2, 0.25) is 0 Å². The lowest BCUT2D eigenvalue weighted by Crippen LogP contribution is -2.19. The van der Waals surface area contributed by atoms with Gasteiger partial charge in [-0.1, -0.05) is 12.1 Å². The number of anilines is 1. The summed E-state index contributed by atoms with van der Waals surface area (Å²) in [5.74, 6) is -0.653. The van der Waals surface area contributed by atoms with Crippen LogP contribution in [0.2, 0.25) is 0 Å². The van der Waals surface area contributed by atoms with Crippen molar-refractivity contribution in [2.24, 2.45) is 0 Å². The smallest absolute Gasteiger partial charge is 0.269 e. The summed E-state index contributed by atoms with van der Waals surface area (Å²) in [4.78, 5) is 38.0. The minimum absolute atomic E-state index is 0.262. The van der Waals surface area contributed by atoms with E-state index in [9.17, 15) is 14.4 Å². The lowest BCUT2D eigenvalue weighted by atomic mass is 10.1. The zero-order chi connectivity index (χ0) is 15.2. The van der Waals surface area contributed by atoms with Crippen LogP contribution in [0.1, 0.15) is 31.2 Å². The number of amides is 2. The molecule has 2 aromatic rings. The second-order valence-corrected chi connectivity index (χ2v) is 4.21. The highest BCUT2D eigenvalue weighted by Gasteiger charge is 2.08. The van der Waals surface area contributed by atoms with Crippen LogP contribution in [-0.4, -0.2) is 30.1 Å². The largest absolute Gasteiger partial charge is 0.354 e. The zero-order valence-corrected chi connectivity index (χ0v) is 11.3. The molecule has 21 heavy (non-hydrogen) atoms. The molecular formula is C15H13N3O3. The molecule has 2 amide bonds. The predicted octanol–water partition coefficient (Wildman–Crippen LogP) is 1.51. The number of hydrogen-bond donors (Lipinski definition) is 2. The number of rotatable bonds is 4. The number of nitrogens with one attached hydrogen (secondary N) is 2. The van der Waals surface area contributed by atoms with Gasteiger partial charge < -0.3 is 10.6 Å². The summed E-state index contributed by atoms with van der Waals surface area (Å²) >= 11 is 0. The Morgan fingerprint density at radius 3 is 2.57 bits per heavy atom. The molecule has 2 rings (SSSR count). The van der Waals surface area contributed by atoms with Crippen molar-refractivity contribution in [3.8, 4) is 0 Å². The molecule has 2 N–H and O–H groups in total. The van der Waals surface area contributed by atoms with Crippen LogP contribution in [0.5, 0.6) is 0 Å². The molecule has 106 valence electrons. The van der Waals surface area contributed by atoms with Crippen molar-refractivity contribution in [3.63, 3.8) is 0 Å². The van der Waals surface area contributed by atoms with Gasteiger partial charge in [-0.3, -0.25) is 14.4 Å². The molecular weight excluding hydrogens is 270 g/mol. The van der Waals surface area contributed by atoms with Crippen LogP contribution < -0.4 is 10.6 Å². The summed E-state index contributed by atoms with van der Waals surface area (Å²) in [6.07, 6.45) is 2.07. The molecule has 0 unspecified atom stereocenters. The first-order valence-electron chi connectivity index (χ1n) is 6.19. The minimum Gasteiger partial charge on any atom is -0.354 e. The third kappa shape index (κ3) is 3.50. The maximum absolute atomic E-state index is 12.0. The molecule has 0 aliphatic carbocycles. The molecule has 6 heteroatoms. The Kier molecular flexibility index (Phi) is 4.40. The molecule has 0 saturated carbocycles. The Bertz CT molecular complexity index is 681. The van der Waals surface area contributed by atoms with Gasteiger partial charge >= 0.3 is 0 Å². The van der Waals surface area contributed by atoms with E-state index >= 15 is 0 Å². The van der Waals surface area contributed by atoms with Crippen LogP contribution in [0.4, 0.5) is 5.69 Å². The van der Waals surface area contributed by atoms with Crippen LogP contribution in [0.15, 0.2) is 42.6 Å². The number of carbonyl (C=O) groups excluding carboxylic acids is 3. The first kappa shape index (κ1) is 14.4. The van der Waals surface area contributed by atoms with E-state index in [4.69, 9.17) is 0 Å². The second-order valence-electron chi connectivity index (χ2n) is 4.21. The number of pyridine rings is 1. The van der Waals surface area contributed by atoms with Crippen molar-refractivity contribution >= 4 is 23.8 Å². The molecule has 0 radical (unpaired) electrons. The van der Waals surface area contributed by atoms with Gasteiger partial charge in [-0.05, 0) is 24.3 Å². The van der Waals surface area contributed by atoms with Crippen molar-refractivity contribution in [2.75, 3.05) is 12.4 Å². The lowest BCUT2D eigenvalue weighted by Gasteiger charge is -2.06. The molecule has 1 aromatic heterocycles. The molecule has 0 atom stereocenters. The minimum atomic E-state index is -0.354. The second kappa shape index (κ2) is 6.42. The zero-order valence-electron chi connectivity index (χ0n) is 11.3. The van der Waals surface area contributed by atoms with Gasteiger partial charge in [0.1, 0.15) is 12.0 Å². The topological polar surface area (TPSA) is 88.2 Å². The first-order valence-corrected chi connectivity index (χ1v) is 6.19. The fraction of sp³-hybridized carbons (Fsp3) is 0.0667. The highest BCUT2D eigenvalue weighted by Crippen LogP contribution is 2.10. The number of aromatic nitrogens is 1. The lowest BCUT2D eigenvalue weighted by molar-refractivity contribution is 0.0957. The van der Waals surface area contributed by atoms with Crippen LogP contribution in [0, 0.1) is 0 Å². The van der Waals surface area contributed by atoms with Crippen molar-refractivity contribution in [1.29, 1.82) is 0 Å². The molecule has 0 saturated heterocycles. The van der Waals surface area contributed by atoms with E-state index in [2.05, 4.69) is 15.6 Å². The highest BCUT2D eigenvalue weighted by atomic mass is 16.2. The van der Waals surface area contributed by atoms with Crippen molar-refractivity contribution in [2.45, 2.75) is 0 Å². The first-order chi connectivity index (χ1) is 10.1. The number of benzene rings is 1. The Hall–Kier alpha value is -3.02. The summed E-state index contributed by atoms with van der Waals surface area (Å²) in [5.41, 5.74) is 1.52. The average Bonchev–Trinajstić information content (AvgIpc) is 2.54. The Labute approximate surface area is 121 Å². The fourth-order valence-electron chi connectivity index (χ4n) is 1.69. The molecule has 0 fully saturated rings. The monoisotopic (exact) mass is 283 g/mol. The third-order valence-corrected chi connectivity index (χ3v) is 2.77. The standard InChI is InChI=1S/C15H13N3O3/c1-16-15(21)13-6-5-12(8-17-13)18-14(20)11-4-2-3-10(7-11)9-19/h2-9H,1H3,(H,16,21)(H,18,20). The van der Waals surface area contributed by atoms with Crippen LogP contribution in [0.3, 0.4) is 0 Å². The van der Waals surface area contributed by atoms with E-state index < -0.39 is 0 Å². The van der Waals surface area contributed by atoms with E-state index in [-0.39, 0.29) is 17.5 Å². The molecule has 6 nitrogen and oxygen atoms in total. The molecule has 1 heterocycles. The molecule has 0 aliphatic rings. The molecule has 0 spiro atoms. The molecule has 1 aromatic carbocycles. The van der Waals surface area contributed by atoms with E-state index in [1.165, 1.54) is 25.4 Å². The number of hydrogen-bond acceptors (Lipinski definition) is 4. The van der Waals surface area contributed by atoms with Crippen molar-refractivity contribution in [1.82, 2.24) is 10.3 Å². The van der Waals surface area contributed by atoms with Crippen LogP contribution in [-0.2, 0) is 0 Å². The summed E-state index contributed by atoms with van der Waals surface area (Å²) in [6.45, 7) is 0. The van der Waals surface area contributed by atoms with E-state index in [0.29, 0.717) is 23.1 Å². The summed E-state index contributed by atoms with van der Waals surface area (Å²) in [7, 11) is 1.51. The van der Waals surface area contributed by atoms with Gasteiger partial charge in [0.15, 0.2) is 0 Å². The normalized spacial score (nSPS) is 9.76. The summed E-state index contributed by atoms with van der Waals surface area (Å²) in [6, 6.07) is 9.44. The Balaban J connectivity index is 2.12. The number of nitrogens with zero attached hydrogens (tertiary/aromatic N) is 1. The van der Waals surface area contributed by atoms with Crippen LogP contribution >= 0.6 is 0 Å². The van der Waals surface area contributed by atoms with Crippen molar-refractivity contribution in [3.05, 3.63) is 59.4 Å². The van der Waals surface area contributed by atoms with E-state index in [1.54, 1.807) is 24.3 Å². The van der Waals surface area contributed by atoms with Crippen LogP contribution in [0.25, 0.3) is 0 Å².